The van der Waals surface area contributed by atoms with Crippen molar-refractivity contribution in [2.24, 2.45) is 0 Å². The summed E-state index contributed by atoms with van der Waals surface area (Å²) >= 11 is 0. The molecule has 0 aliphatic heterocycles. The molecule has 0 amide bonds. The number of unbranched alkanes of at least 4 members (excludes halogenated alkanes) is 2. The van der Waals surface area contributed by atoms with Gasteiger partial charge in [0.2, 0.25) is 0 Å². The Morgan fingerprint density at radius 1 is 1.33 bits per heavy atom. The normalized spacial score (nSPS) is 11.0. The van der Waals surface area contributed by atoms with E-state index in [-0.39, 0.29) is 5.76 Å². The fraction of sp³-hybridized carbons (Fsp3) is 0.333. The molecule has 0 spiro atoms. The first-order valence-electron chi connectivity index (χ1n) is 5.20. The molecule has 2 aromatic rings. The lowest BCUT2D eigenvalue weighted by Crippen LogP contribution is -1.92. The zero-order valence-corrected chi connectivity index (χ0v) is 8.58. The van der Waals surface area contributed by atoms with Crippen LogP contribution in [0.3, 0.4) is 0 Å². The molecule has 1 radical (unpaired) electrons. The molecule has 0 aliphatic carbocycles. The summed E-state index contributed by atoms with van der Waals surface area (Å²) in [7, 11) is 0. The Labute approximate surface area is 88.1 Å². The summed E-state index contributed by atoms with van der Waals surface area (Å²) < 4.78 is 4.99. The maximum Gasteiger partial charge on any atom is 0.417 e. The van der Waals surface area contributed by atoms with Crippen LogP contribution < -0.4 is 5.76 Å². The number of rotatable bonds is 4. The number of H-pyrrole nitrogens is 1. The third-order valence-corrected chi connectivity index (χ3v) is 2.45. The van der Waals surface area contributed by atoms with Crippen molar-refractivity contribution in [1.29, 1.82) is 0 Å². The summed E-state index contributed by atoms with van der Waals surface area (Å²) in [6.45, 7) is 3.81. The third-order valence-electron chi connectivity index (χ3n) is 2.45. The number of nitrogens with one attached hydrogen (secondary N) is 1. The average molecular weight is 204 g/mol. The van der Waals surface area contributed by atoms with Crippen molar-refractivity contribution in [2.75, 3.05) is 0 Å². The molecular formula is C12H14NO2. The Bertz CT molecular complexity index is 496. The molecule has 3 nitrogen and oxygen atoms in total. The molecule has 1 aromatic carbocycles. The van der Waals surface area contributed by atoms with Crippen LogP contribution in [0.4, 0.5) is 0 Å². The van der Waals surface area contributed by atoms with E-state index in [1.807, 2.05) is 18.2 Å². The number of benzene rings is 1. The highest BCUT2D eigenvalue weighted by molar-refractivity contribution is 5.72. The summed E-state index contributed by atoms with van der Waals surface area (Å²) in [5, 5.41) is 0. The molecule has 0 fully saturated rings. The number of oxazole rings is 1. The zero-order chi connectivity index (χ0) is 10.7. The van der Waals surface area contributed by atoms with Gasteiger partial charge in [-0.3, -0.25) is 4.98 Å². The van der Waals surface area contributed by atoms with E-state index in [4.69, 9.17) is 4.42 Å². The Morgan fingerprint density at radius 2 is 2.20 bits per heavy atom. The lowest BCUT2D eigenvalue weighted by molar-refractivity contribution is 0.555. The average Bonchev–Trinajstić information content (AvgIpc) is 2.57. The third kappa shape index (κ3) is 2.29. The number of fused-ring (bicyclic) bond motifs is 1. The van der Waals surface area contributed by atoms with E-state index < -0.39 is 0 Å². The first-order valence-corrected chi connectivity index (χ1v) is 5.20. The SMILES string of the molecule is [CH2]CCCCc1ccc2[nH]c(=O)oc2c1. The highest BCUT2D eigenvalue weighted by atomic mass is 16.4. The second-order valence-electron chi connectivity index (χ2n) is 3.66. The lowest BCUT2D eigenvalue weighted by Gasteiger charge is -1.99. The van der Waals surface area contributed by atoms with Crippen molar-refractivity contribution >= 4 is 11.1 Å². The van der Waals surface area contributed by atoms with Gasteiger partial charge in [0.1, 0.15) is 0 Å². The minimum absolute atomic E-state index is 0.389. The van der Waals surface area contributed by atoms with Crippen molar-refractivity contribution in [3.63, 3.8) is 0 Å². The van der Waals surface area contributed by atoms with Gasteiger partial charge in [0.15, 0.2) is 5.58 Å². The monoisotopic (exact) mass is 204 g/mol. The number of aromatic amines is 1. The molecule has 1 N–H and O–H groups in total. The fourth-order valence-corrected chi connectivity index (χ4v) is 1.65. The first kappa shape index (κ1) is 10.0. The second-order valence-corrected chi connectivity index (χ2v) is 3.66. The number of aryl methyl sites for hydroxylation is 1. The van der Waals surface area contributed by atoms with Crippen LogP contribution in [0.5, 0.6) is 0 Å². The van der Waals surface area contributed by atoms with Crippen molar-refractivity contribution in [1.82, 2.24) is 4.98 Å². The maximum absolute atomic E-state index is 10.9. The van der Waals surface area contributed by atoms with Gasteiger partial charge in [0.05, 0.1) is 5.52 Å². The zero-order valence-electron chi connectivity index (χ0n) is 8.58. The fourth-order valence-electron chi connectivity index (χ4n) is 1.65. The molecule has 3 heteroatoms. The van der Waals surface area contributed by atoms with E-state index in [1.54, 1.807) is 0 Å². The van der Waals surface area contributed by atoms with E-state index in [9.17, 15) is 4.79 Å². The molecule has 2 rings (SSSR count). The number of hydrogen-bond donors (Lipinski definition) is 1. The molecule has 0 atom stereocenters. The van der Waals surface area contributed by atoms with Gasteiger partial charge in [0, 0.05) is 0 Å². The topological polar surface area (TPSA) is 46.0 Å². The first-order chi connectivity index (χ1) is 7.29. The Hall–Kier alpha value is -1.51. The molecule has 0 unspecified atom stereocenters. The summed E-state index contributed by atoms with van der Waals surface area (Å²) in [4.78, 5) is 13.6. The minimum atomic E-state index is -0.389. The predicted molar refractivity (Wildman–Crippen MR) is 59.7 cm³/mol. The van der Waals surface area contributed by atoms with Gasteiger partial charge >= 0.3 is 5.76 Å². The smallest absolute Gasteiger partial charge is 0.408 e. The van der Waals surface area contributed by atoms with E-state index in [1.165, 1.54) is 5.56 Å². The van der Waals surface area contributed by atoms with E-state index in [2.05, 4.69) is 11.9 Å². The largest absolute Gasteiger partial charge is 0.417 e. The maximum atomic E-state index is 10.9. The van der Waals surface area contributed by atoms with Crippen LogP contribution in [0.25, 0.3) is 11.1 Å². The van der Waals surface area contributed by atoms with E-state index >= 15 is 0 Å². The van der Waals surface area contributed by atoms with E-state index in [0.29, 0.717) is 5.58 Å². The van der Waals surface area contributed by atoms with Gasteiger partial charge in [-0.25, -0.2) is 4.79 Å². The summed E-state index contributed by atoms with van der Waals surface area (Å²) in [6.07, 6.45) is 4.25. The van der Waals surface area contributed by atoms with Gasteiger partial charge < -0.3 is 4.42 Å². The van der Waals surface area contributed by atoms with Crippen LogP contribution in [-0.4, -0.2) is 4.98 Å². The Morgan fingerprint density at radius 3 is 3.00 bits per heavy atom. The van der Waals surface area contributed by atoms with Gasteiger partial charge in [-0.05, 0) is 30.5 Å². The van der Waals surface area contributed by atoms with Gasteiger partial charge in [-0.2, -0.15) is 0 Å². The molecule has 1 aromatic heterocycles. The molecule has 0 bridgehead atoms. The number of aromatic nitrogens is 1. The molecule has 0 saturated heterocycles. The molecule has 1 heterocycles. The summed E-state index contributed by atoms with van der Waals surface area (Å²) in [5.74, 6) is -0.389. The van der Waals surface area contributed by atoms with Gasteiger partial charge in [-0.15, -0.1) is 0 Å². The molecule has 79 valence electrons. The second kappa shape index (κ2) is 4.34. The van der Waals surface area contributed by atoms with Crippen molar-refractivity contribution in [3.05, 3.63) is 41.2 Å². The lowest BCUT2D eigenvalue weighted by atomic mass is 10.1. The summed E-state index contributed by atoms with van der Waals surface area (Å²) in [5.41, 5.74) is 2.62. The highest BCUT2D eigenvalue weighted by Crippen LogP contribution is 2.14. The van der Waals surface area contributed by atoms with Crippen LogP contribution in [-0.2, 0) is 6.42 Å². The number of hydrogen-bond acceptors (Lipinski definition) is 2. The predicted octanol–water partition coefficient (Wildman–Crippen LogP) is 2.67. The molecule has 15 heavy (non-hydrogen) atoms. The van der Waals surface area contributed by atoms with Crippen LogP contribution in [0, 0.1) is 6.92 Å². The van der Waals surface area contributed by atoms with Crippen molar-refractivity contribution < 1.29 is 4.42 Å². The van der Waals surface area contributed by atoms with Crippen molar-refractivity contribution in [3.8, 4) is 0 Å². The molecule has 0 saturated carbocycles. The van der Waals surface area contributed by atoms with Crippen LogP contribution in [0.2, 0.25) is 0 Å². The van der Waals surface area contributed by atoms with Gasteiger partial charge in [-0.1, -0.05) is 25.8 Å². The Balaban J connectivity index is 2.19. The van der Waals surface area contributed by atoms with Crippen molar-refractivity contribution in [2.45, 2.75) is 25.7 Å². The van der Waals surface area contributed by atoms with E-state index in [0.717, 1.165) is 31.2 Å². The van der Waals surface area contributed by atoms with Crippen LogP contribution in [0.15, 0.2) is 27.4 Å². The van der Waals surface area contributed by atoms with Gasteiger partial charge in [0.25, 0.3) is 0 Å². The van der Waals surface area contributed by atoms with Crippen LogP contribution in [0.1, 0.15) is 24.8 Å². The minimum Gasteiger partial charge on any atom is -0.408 e. The molecule has 0 aliphatic rings. The Kier molecular flexibility index (Phi) is 2.90. The van der Waals surface area contributed by atoms with Crippen LogP contribution >= 0.6 is 0 Å². The summed E-state index contributed by atoms with van der Waals surface area (Å²) in [6, 6.07) is 5.84. The standard InChI is InChI=1S/C12H14NO2/c1-2-3-4-5-9-6-7-10-11(8-9)15-12(14)13-10/h6-8H,1-5H2,(H,13,14). The highest BCUT2D eigenvalue weighted by Gasteiger charge is 2.01. The quantitative estimate of drug-likeness (QED) is 0.778. The molecular weight excluding hydrogens is 190 g/mol.